The number of benzene rings is 2. The lowest BCUT2D eigenvalue weighted by atomic mass is 10.0. The first-order chi connectivity index (χ1) is 12.0. The molecule has 6 heteroatoms. The number of carbonyl (C=O) groups excluding carboxylic acids is 2. The maximum Gasteiger partial charge on any atom is 0.240 e. The van der Waals surface area contributed by atoms with Gasteiger partial charge < -0.3 is 11.1 Å². The normalized spacial score (nSPS) is 19.9. The Balaban J connectivity index is 1.66. The Morgan fingerprint density at radius 3 is 2.32 bits per heavy atom. The summed E-state index contributed by atoms with van der Waals surface area (Å²) in [7, 11) is 0. The summed E-state index contributed by atoms with van der Waals surface area (Å²) in [6, 6.07) is 11.9. The SMILES string of the molecule is NC(=O)[C@H](Cc1ccccc1)NC(=O)[C@H]1C[C@@H]1c1c(F)cccc1F. The van der Waals surface area contributed by atoms with Gasteiger partial charge in [0.1, 0.15) is 17.7 Å². The third-order valence-corrected chi connectivity index (χ3v) is 4.44. The zero-order chi connectivity index (χ0) is 18.0. The van der Waals surface area contributed by atoms with Gasteiger partial charge in [0, 0.05) is 23.8 Å². The van der Waals surface area contributed by atoms with Crippen LogP contribution in [-0.2, 0) is 16.0 Å². The molecule has 2 aromatic rings. The molecule has 3 rings (SSSR count). The molecule has 1 saturated carbocycles. The van der Waals surface area contributed by atoms with Crippen LogP contribution in [0.1, 0.15) is 23.5 Å². The number of primary amides is 1. The van der Waals surface area contributed by atoms with Crippen molar-refractivity contribution in [2.75, 3.05) is 0 Å². The molecule has 4 nitrogen and oxygen atoms in total. The third kappa shape index (κ3) is 3.84. The molecule has 3 N–H and O–H groups in total. The largest absolute Gasteiger partial charge is 0.368 e. The molecule has 2 amide bonds. The first-order valence-corrected chi connectivity index (χ1v) is 8.05. The van der Waals surface area contributed by atoms with Crippen molar-refractivity contribution in [3.8, 4) is 0 Å². The third-order valence-electron chi connectivity index (χ3n) is 4.44. The highest BCUT2D eigenvalue weighted by molar-refractivity contribution is 5.89. The van der Waals surface area contributed by atoms with Gasteiger partial charge in [0.05, 0.1) is 0 Å². The van der Waals surface area contributed by atoms with E-state index >= 15 is 0 Å². The van der Waals surface area contributed by atoms with E-state index in [4.69, 9.17) is 5.73 Å². The maximum atomic E-state index is 13.8. The van der Waals surface area contributed by atoms with E-state index in [1.165, 1.54) is 18.2 Å². The average molecular weight is 344 g/mol. The van der Waals surface area contributed by atoms with E-state index < -0.39 is 41.3 Å². The second kappa shape index (κ2) is 7.01. The van der Waals surface area contributed by atoms with Crippen LogP contribution in [0.15, 0.2) is 48.5 Å². The van der Waals surface area contributed by atoms with Crippen molar-refractivity contribution in [3.63, 3.8) is 0 Å². The molecule has 2 aromatic carbocycles. The van der Waals surface area contributed by atoms with Gasteiger partial charge >= 0.3 is 0 Å². The molecule has 0 bridgehead atoms. The minimum atomic E-state index is -0.860. The fourth-order valence-corrected chi connectivity index (χ4v) is 3.02. The lowest BCUT2D eigenvalue weighted by molar-refractivity contribution is -0.128. The molecule has 0 unspecified atom stereocenters. The van der Waals surface area contributed by atoms with E-state index in [0.29, 0.717) is 6.42 Å². The topological polar surface area (TPSA) is 72.2 Å². The molecule has 0 heterocycles. The number of nitrogens with one attached hydrogen (secondary N) is 1. The van der Waals surface area contributed by atoms with Gasteiger partial charge in [-0.3, -0.25) is 9.59 Å². The standard InChI is InChI=1S/C19H18F2N2O2/c20-14-7-4-8-15(21)17(14)12-10-13(12)19(25)23-16(18(22)24)9-11-5-2-1-3-6-11/h1-8,12-13,16H,9-10H2,(H2,22,24)(H,23,25)/t12-,13-,16-/m0/s1. The first-order valence-electron chi connectivity index (χ1n) is 8.05. The van der Waals surface area contributed by atoms with Gasteiger partial charge in [-0.05, 0) is 24.1 Å². The van der Waals surface area contributed by atoms with E-state index in [9.17, 15) is 18.4 Å². The Kier molecular flexibility index (Phi) is 4.79. The van der Waals surface area contributed by atoms with Crippen LogP contribution in [0.4, 0.5) is 8.78 Å². The van der Waals surface area contributed by atoms with Crippen LogP contribution in [0.2, 0.25) is 0 Å². The smallest absolute Gasteiger partial charge is 0.240 e. The van der Waals surface area contributed by atoms with E-state index in [1.54, 1.807) is 0 Å². The van der Waals surface area contributed by atoms with E-state index in [1.807, 2.05) is 30.3 Å². The number of rotatable bonds is 6. The fourth-order valence-electron chi connectivity index (χ4n) is 3.02. The lowest BCUT2D eigenvalue weighted by Gasteiger charge is -2.16. The lowest BCUT2D eigenvalue weighted by Crippen LogP contribution is -2.46. The van der Waals surface area contributed by atoms with Gasteiger partial charge in [-0.25, -0.2) is 8.78 Å². The molecule has 130 valence electrons. The highest BCUT2D eigenvalue weighted by atomic mass is 19.1. The van der Waals surface area contributed by atoms with Crippen LogP contribution in [0, 0.1) is 17.6 Å². The van der Waals surface area contributed by atoms with E-state index in [-0.39, 0.29) is 12.0 Å². The Labute approximate surface area is 144 Å². The van der Waals surface area contributed by atoms with Gasteiger partial charge in [-0.2, -0.15) is 0 Å². The fraction of sp³-hybridized carbons (Fsp3) is 0.263. The number of hydrogen-bond donors (Lipinski definition) is 2. The van der Waals surface area contributed by atoms with Crippen LogP contribution in [0.25, 0.3) is 0 Å². The average Bonchev–Trinajstić information content (AvgIpc) is 3.35. The van der Waals surface area contributed by atoms with Crippen LogP contribution in [0.5, 0.6) is 0 Å². The first kappa shape index (κ1) is 17.1. The molecule has 0 saturated heterocycles. The van der Waals surface area contributed by atoms with Gasteiger partial charge in [0.15, 0.2) is 0 Å². The van der Waals surface area contributed by atoms with Crippen LogP contribution >= 0.6 is 0 Å². The van der Waals surface area contributed by atoms with Crippen LogP contribution in [0.3, 0.4) is 0 Å². The van der Waals surface area contributed by atoms with Crippen molar-refractivity contribution in [1.29, 1.82) is 0 Å². The summed E-state index contributed by atoms with van der Waals surface area (Å²) in [5, 5.41) is 2.61. The van der Waals surface area contributed by atoms with E-state index in [0.717, 1.165) is 5.56 Å². The van der Waals surface area contributed by atoms with Gasteiger partial charge in [0.25, 0.3) is 0 Å². The Morgan fingerprint density at radius 1 is 1.08 bits per heavy atom. The predicted octanol–water partition coefficient (Wildman–Crippen LogP) is 2.28. The Bertz CT molecular complexity index is 775. The quantitative estimate of drug-likeness (QED) is 0.844. The highest BCUT2D eigenvalue weighted by Crippen LogP contribution is 2.49. The zero-order valence-corrected chi connectivity index (χ0v) is 13.4. The number of hydrogen-bond acceptors (Lipinski definition) is 2. The summed E-state index contributed by atoms with van der Waals surface area (Å²) in [4.78, 5) is 24.0. The summed E-state index contributed by atoms with van der Waals surface area (Å²) in [6.45, 7) is 0. The minimum absolute atomic E-state index is 0.0682. The second-order valence-corrected chi connectivity index (χ2v) is 6.24. The zero-order valence-electron chi connectivity index (χ0n) is 13.4. The van der Waals surface area contributed by atoms with Crippen LogP contribution in [-0.4, -0.2) is 17.9 Å². The van der Waals surface area contributed by atoms with Gasteiger partial charge in [-0.1, -0.05) is 36.4 Å². The van der Waals surface area contributed by atoms with Crippen LogP contribution < -0.4 is 11.1 Å². The Hall–Kier alpha value is -2.76. The highest BCUT2D eigenvalue weighted by Gasteiger charge is 2.47. The van der Waals surface area contributed by atoms with Crippen molar-refractivity contribution >= 4 is 11.8 Å². The molecule has 0 radical (unpaired) electrons. The summed E-state index contributed by atoms with van der Waals surface area (Å²) in [6.07, 6.45) is 0.619. The summed E-state index contributed by atoms with van der Waals surface area (Å²) < 4.78 is 27.6. The molecular weight excluding hydrogens is 326 g/mol. The van der Waals surface area contributed by atoms with Crippen molar-refractivity contribution in [2.45, 2.75) is 24.8 Å². The maximum absolute atomic E-state index is 13.8. The summed E-state index contributed by atoms with van der Waals surface area (Å²) in [5.74, 6) is -3.43. The number of carbonyl (C=O) groups is 2. The van der Waals surface area contributed by atoms with E-state index in [2.05, 4.69) is 5.32 Å². The van der Waals surface area contributed by atoms with Crippen molar-refractivity contribution in [3.05, 3.63) is 71.3 Å². The van der Waals surface area contributed by atoms with Gasteiger partial charge in [0.2, 0.25) is 11.8 Å². The van der Waals surface area contributed by atoms with Crippen molar-refractivity contribution in [2.24, 2.45) is 11.7 Å². The molecule has 0 spiro atoms. The summed E-state index contributed by atoms with van der Waals surface area (Å²) >= 11 is 0. The van der Waals surface area contributed by atoms with Gasteiger partial charge in [-0.15, -0.1) is 0 Å². The molecule has 0 aromatic heterocycles. The molecule has 1 fully saturated rings. The molecule has 25 heavy (non-hydrogen) atoms. The molecule has 1 aliphatic rings. The monoisotopic (exact) mass is 344 g/mol. The molecule has 1 aliphatic carbocycles. The molecular formula is C19H18F2N2O2. The molecule has 3 atom stereocenters. The second-order valence-electron chi connectivity index (χ2n) is 6.24. The summed E-state index contributed by atoms with van der Waals surface area (Å²) in [5.41, 5.74) is 6.17. The Morgan fingerprint density at radius 2 is 1.72 bits per heavy atom. The molecule has 0 aliphatic heterocycles. The predicted molar refractivity (Wildman–Crippen MR) is 88.5 cm³/mol. The number of nitrogens with two attached hydrogens (primary N) is 1. The van der Waals surface area contributed by atoms with Crippen molar-refractivity contribution in [1.82, 2.24) is 5.32 Å². The number of amides is 2. The number of halogens is 2. The van der Waals surface area contributed by atoms with Crippen molar-refractivity contribution < 1.29 is 18.4 Å². The minimum Gasteiger partial charge on any atom is -0.368 e.